The molecule has 2 aromatic rings. The second-order valence-corrected chi connectivity index (χ2v) is 3.98. The Morgan fingerprint density at radius 2 is 2.19 bits per heavy atom. The van der Waals surface area contributed by atoms with E-state index in [0.29, 0.717) is 10.3 Å². The van der Waals surface area contributed by atoms with Crippen LogP contribution in [-0.4, -0.2) is 16.8 Å². The van der Waals surface area contributed by atoms with E-state index >= 15 is 0 Å². The van der Waals surface area contributed by atoms with E-state index in [9.17, 15) is 4.79 Å². The van der Waals surface area contributed by atoms with Gasteiger partial charge in [-0.1, -0.05) is 24.4 Å². The number of hydrogen-bond donors (Lipinski definition) is 2. The van der Waals surface area contributed by atoms with Crippen molar-refractivity contribution in [3.63, 3.8) is 0 Å². The van der Waals surface area contributed by atoms with Crippen LogP contribution in [-0.2, 0) is 4.79 Å². The highest BCUT2D eigenvalue weighted by atomic mass is 35.5. The summed E-state index contributed by atoms with van der Waals surface area (Å²) in [5.41, 5.74) is 1.50. The average Bonchev–Trinajstić information content (AvgIpc) is 2.29. The van der Waals surface area contributed by atoms with E-state index in [2.05, 4.69) is 10.3 Å². The van der Waals surface area contributed by atoms with E-state index in [0.717, 1.165) is 10.9 Å². The number of hydrogen-bond acceptors (Lipinski definition) is 2. The van der Waals surface area contributed by atoms with Gasteiger partial charge in [0.15, 0.2) is 0 Å². The molecule has 5 heteroatoms. The molecule has 0 saturated heterocycles. The summed E-state index contributed by atoms with van der Waals surface area (Å²) in [6.45, 7) is 0. The molecule has 2 N–H and O–H groups in total. The predicted octanol–water partition coefficient (Wildman–Crippen LogP) is 3.07. The smallest absolute Gasteiger partial charge is 0.239 e. The summed E-state index contributed by atoms with van der Waals surface area (Å²) in [6.07, 6.45) is 0. The summed E-state index contributed by atoms with van der Waals surface area (Å²) >= 11 is 10.5. The monoisotopic (exact) mass is 252 g/mol. The number of carbonyl (C=O) groups is 1. The van der Waals surface area contributed by atoms with Crippen LogP contribution >= 0.6 is 23.8 Å². The van der Waals surface area contributed by atoms with Crippen molar-refractivity contribution in [3.05, 3.63) is 35.0 Å². The van der Waals surface area contributed by atoms with Crippen molar-refractivity contribution in [1.82, 2.24) is 4.98 Å². The van der Waals surface area contributed by atoms with Gasteiger partial charge in [0.2, 0.25) is 5.91 Å². The fourth-order valence-corrected chi connectivity index (χ4v) is 1.70. The number of pyridine rings is 1. The molecular formula is C11H9ClN2OS. The number of nitrogens with one attached hydrogen (secondary N) is 2. The molecule has 3 nitrogen and oxygen atoms in total. The number of carbonyl (C=O) groups excluding carboxylic acids is 1. The normalized spacial score (nSPS) is 10.3. The quantitative estimate of drug-likeness (QED) is 0.637. The largest absolute Gasteiger partial charge is 0.344 e. The number of H-pyrrole nitrogens is 1. The van der Waals surface area contributed by atoms with Crippen LogP contribution in [0.15, 0.2) is 30.3 Å². The minimum absolute atomic E-state index is 0.0655. The highest BCUT2D eigenvalue weighted by molar-refractivity contribution is 7.71. The van der Waals surface area contributed by atoms with Gasteiger partial charge in [-0.15, -0.1) is 11.6 Å². The van der Waals surface area contributed by atoms with Crippen molar-refractivity contribution in [3.8, 4) is 0 Å². The van der Waals surface area contributed by atoms with Crippen LogP contribution < -0.4 is 5.32 Å². The van der Waals surface area contributed by atoms with Gasteiger partial charge in [-0.2, -0.15) is 0 Å². The lowest BCUT2D eigenvalue weighted by molar-refractivity contribution is -0.113. The Labute approximate surface area is 102 Å². The fourth-order valence-electron chi connectivity index (χ4n) is 1.47. The fraction of sp³-hybridized carbons (Fsp3) is 0.0909. The zero-order valence-electron chi connectivity index (χ0n) is 8.29. The highest BCUT2D eigenvalue weighted by Crippen LogP contribution is 2.20. The van der Waals surface area contributed by atoms with Crippen molar-refractivity contribution >= 4 is 46.3 Å². The lowest BCUT2D eigenvalue weighted by Crippen LogP contribution is -2.12. The lowest BCUT2D eigenvalue weighted by Gasteiger charge is -2.07. The van der Waals surface area contributed by atoms with Gasteiger partial charge in [0.25, 0.3) is 0 Å². The van der Waals surface area contributed by atoms with Crippen molar-refractivity contribution < 1.29 is 4.79 Å². The average molecular weight is 253 g/mol. The zero-order valence-corrected chi connectivity index (χ0v) is 9.86. The molecule has 82 valence electrons. The first-order valence-corrected chi connectivity index (χ1v) is 5.63. The molecule has 2 rings (SSSR count). The summed E-state index contributed by atoms with van der Waals surface area (Å²) in [5, 5.41) is 3.70. The van der Waals surface area contributed by atoms with Gasteiger partial charge >= 0.3 is 0 Å². The topological polar surface area (TPSA) is 44.9 Å². The molecule has 0 saturated carbocycles. The second-order valence-electron chi connectivity index (χ2n) is 3.27. The molecule has 16 heavy (non-hydrogen) atoms. The summed E-state index contributed by atoms with van der Waals surface area (Å²) in [4.78, 5) is 14.3. The third-order valence-electron chi connectivity index (χ3n) is 2.15. The Bertz CT molecular complexity index is 594. The molecule has 0 spiro atoms. The second kappa shape index (κ2) is 4.63. The van der Waals surface area contributed by atoms with Crippen LogP contribution in [0.4, 0.5) is 5.69 Å². The standard InChI is InChI=1S/C11H9ClN2OS/c12-6-9(15)13-8-3-1-2-7-4-5-10(16)14-11(7)8/h1-5H,6H2,(H,13,15)(H,14,16). The summed E-state index contributed by atoms with van der Waals surface area (Å²) in [6, 6.07) is 9.33. The van der Waals surface area contributed by atoms with Gasteiger partial charge in [0, 0.05) is 5.39 Å². The molecule has 1 heterocycles. The number of alkyl halides is 1. The Morgan fingerprint density at radius 1 is 1.38 bits per heavy atom. The maximum absolute atomic E-state index is 11.2. The minimum Gasteiger partial charge on any atom is -0.344 e. The molecule has 0 aliphatic heterocycles. The third kappa shape index (κ3) is 2.23. The third-order valence-corrected chi connectivity index (χ3v) is 2.64. The van der Waals surface area contributed by atoms with Crippen LogP contribution in [0.1, 0.15) is 0 Å². The Morgan fingerprint density at radius 3 is 2.94 bits per heavy atom. The molecule has 1 aromatic carbocycles. The summed E-state index contributed by atoms with van der Waals surface area (Å²) < 4.78 is 0.625. The van der Waals surface area contributed by atoms with Crippen molar-refractivity contribution in [2.75, 3.05) is 11.2 Å². The summed E-state index contributed by atoms with van der Waals surface area (Å²) in [7, 11) is 0. The number of rotatable bonds is 2. The van der Waals surface area contributed by atoms with Crippen molar-refractivity contribution in [2.24, 2.45) is 0 Å². The molecule has 0 aliphatic rings. The number of halogens is 1. The minimum atomic E-state index is -0.239. The molecule has 0 fully saturated rings. The highest BCUT2D eigenvalue weighted by Gasteiger charge is 2.04. The lowest BCUT2D eigenvalue weighted by atomic mass is 10.2. The van der Waals surface area contributed by atoms with Crippen LogP contribution in [0.25, 0.3) is 10.9 Å². The van der Waals surface area contributed by atoms with Gasteiger partial charge in [0.1, 0.15) is 10.5 Å². The Hall–Kier alpha value is -1.39. The van der Waals surface area contributed by atoms with Crippen LogP contribution in [0.3, 0.4) is 0 Å². The van der Waals surface area contributed by atoms with Crippen LogP contribution in [0.5, 0.6) is 0 Å². The van der Waals surface area contributed by atoms with E-state index < -0.39 is 0 Å². The van der Waals surface area contributed by atoms with E-state index in [1.165, 1.54) is 0 Å². The predicted molar refractivity (Wildman–Crippen MR) is 68.5 cm³/mol. The number of aromatic amines is 1. The number of para-hydroxylation sites is 1. The van der Waals surface area contributed by atoms with E-state index in [1.807, 2.05) is 24.3 Å². The summed E-state index contributed by atoms with van der Waals surface area (Å²) in [5.74, 6) is -0.304. The number of aromatic nitrogens is 1. The number of benzene rings is 1. The molecule has 1 amide bonds. The van der Waals surface area contributed by atoms with Crippen molar-refractivity contribution in [2.45, 2.75) is 0 Å². The molecule has 0 bridgehead atoms. The first-order chi connectivity index (χ1) is 7.70. The van der Waals surface area contributed by atoms with Gasteiger partial charge in [0.05, 0.1) is 11.2 Å². The first kappa shape index (κ1) is 11.1. The van der Waals surface area contributed by atoms with Crippen LogP contribution in [0.2, 0.25) is 0 Å². The van der Waals surface area contributed by atoms with E-state index in [4.69, 9.17) is 23.8 Å². The van der Waals surface area contributed by atoms with Gasteiger partial charge in [-0.25, -0.2) is 0 Å². The van der Waals surface area contributed by atoms with E-state index in [-0.39, 0.29) is 11.8 Å². The zero-order chi connectivity index (χ0) is 11.5. The molecule has 0 atom stereocenters. The maximum atomic E-state index is 11.2. The van der Waals surface area contributed by atoms with Gasteiger partial charge in [-0.05, 0) is 18.2 Å². The van der Waals surface area contributed by atoms with E-state index in [1.54, 1.807) is 6.07 Å². The molecule has 1 aromatic heterocycles. The SMILES string of the molecule is O=C(CCl)Nc1cccc2ccc(=S)[nH]c12. The molecular weight excluding hydrogens is 244 g/mol. The number of fused-ring (bicyclic) bond motifs is 1. The van der Waals surface area contributed by atoms with Crippen LogP contribution in [0, 0.1) is 4.64 Å². The van der Waals surface area contributed by atoms with Gasteiger partial charge < -0.3 is 10.3 Å². The molecule has 0 unspecified atom stereocenters. The van der Waals surface area contributed by atoms with Gasteiger partial charge in [-0.3, -0.25) is 4.79 Å². The first-order valence-electron chi connectivity index (χ1n) is 4.68. The molecule has 0 radical (unpaired) electrons. The number of amides is 1. The Kier molecular flexibility index (Phi) is 3.22. The molecule has 0 aliphatic carbocycles. The number of anilines is 1. The Balaban J connectivity index is 2.56. The maximum Gasteiger partial charge on any atom is 0.239 e. The van der Waals surface area contributed by atoms with Crippen molar-refractivity contribution in [1.29, 1.82) is 0 Å².